The maximum Gasteiger partial charge on any atom is 0.490 e. The molecule has 49 heavy (non-hydrogen) atoms. The van der Waals surface area contributed by atoms with E-state index in [1.807, 2.05) is 87.5 Å². The normalized spacial score (nSPS) is 11.8. The second-order valence-electron chi connectivity index (χ2n) is 11.2. The molecule has 3 aromatic carbocycles. The van der Waals surface area contributed by atoms with Crippen LogP contribution < -0.4 is 30.6 Å². The number of amides is 1. The predicted octanol–water partition coefficient (Wildman–Crippen LogP) is 7.67. The Labute approximate surface area is 283 Å². The lowest BCUT2D eigenvalue weighted by molar-refractivity contribution is -0.192. The van der Waals surface area contributed by atoms with Crippen molar-refractivity contribution in [2.75, 3.05) is 17.7 Å². The van der Waals surface area contributed by atoms with Crippen LogP contribution in [0, 0.1) is 0 Å². The number of carbonyl (C=O) groups excluding carboxylic acids is 1. The van der Waals surface area contributed by atoms with Crippen LogP contribution >= 0.6 is 0 Å². The number of benzene rings is 3. The van der Waals surface area contributed by atoms with E-state index in [4.69, 9.17) is 29.8 Å². The zero-order valence-electron chi connectivity index (χ0n) is 28.1. The quantitative estimate of drug-likeness (QED) is 0.105. The molecule has 13 heteroatoms. The summed E-state index contributed by atoms with van der Waals surface area (Å²) < 4.78 is 49.9. The van der Waals surface area contributed by atoms with Gasteiger partial charge in [0.25, 0.3) is 0 Å². The second kappa shape index (κ2) is 17.8. The van der Waals surface area contributed by atoms with Crippen molar-refractivity contribution in [3.05, 3.63) is 84.1 Å². The van der Waals surface area contributed by atoms with Crippen LogP contribution in [-0.4, -0.2) is 47.0 Å². The molecular weight excluding hydrogens is 641 g/mol. The van der Waals surface area contributed by atoms with Crippen molar-refractivity contribution in [1.29, 1.82) is 0 Å². The number of nitrogens with zero attached hydrogens (tertiary/aromatic N) is 1. The number of pyridine rings is 1. The van der Waals surface area contributed by atoms with Gasteiger partial charge in [-0.3, -0.25) is 4.79 Å². The maximum atomic E-state index is 13.9. The summed E-state index contributed by atoms with van der Waals surface area (Å²) >= 11 is 0. The van der Waals surface area contributed by atoms with Crippen LogP contribution in [0.1, 0.15) is 64.6 Å². The van der Waals surface area contributed by atoms with Gasteiger partial charge in [-0.2, -0.15) is 13.2 Å². The molecule has 1 atom stereocenters. The van der Waals surface area contributed by atoms with Crippen LogP contribution in [0.3, 0.4) is 0 Å². The van der Waals surface area contributed by atoms with E-state index in [0.717, 1.165) is 46.2 Å². The van der Waals surface area contributed by atoms with Gasteiger partial charge in [-0.25, -0.2) is 9.78 Å². The van der Waals surface area contributed by atoms with E-state index >= 15 is 0 Å². The first kappa shape index (κ1) is 38.2. The molecule has 1 aromatic heterocycles. The number of anilines is 2. The number of carboxylic acids is 1. The highest BCUT2D eigenvalue weighted by Gasteiger charge is 2.38. The Morgan fingerprint density at radius 2 is 1.61 bits per heavy atom. The van der Waals surface area contributed by atoms with Crippen molar-refractivity contribution in [1.82, 2.24) is 10.3 Å². The molecule has 1 amide bonds. The zero-order chi connectivity index (χ0) is 36.1. The van der Waals surface area contributed by atoms with Gasteiger partial charge in [0.2, 0.25) is 5.91 Å². The van der Waals surface area contributed by atoms with Gasteiger partial charge in [0, 0.05) is 29.4 Å². The van der Waals surface area contributed by atoms with E-state index in [-0.39, 0.29) is 18.1 Å². The first-order valence-electron chi connectivity index (χ1n) is 15.9. The Hall–Kier alpha value is -5.20. The van der Waals surface area contributed by atoms with Gasteiger partial charge in [0.1, 0.15) is 17.6 Å². The van der Waals surface area contributed by atoms with Crippen molar-refractivity contribution in [2.45, 2.75) is 78.4 Å². The number of fused-ring (bicyclic) bond motifs is 1. The summed E-state index contributed by atoms with van der Waals surface area (Å²) in [5.41, 5.74) is 8.49. The first-order valence-corrected chi connectivity index (χ1v) is 15.9. The highest BCUT2D eigenvalue weighted by Crippen LogP contribution is 2.34. The molecule has 264 valence electrons. The van der Waals surface area contributed by atoms with Crippen LogP contribution in [0.15, 0.2) is 72.9 Å². The van der Waals surface area contributed by atoms with E-state index in [9.17, 15) is 18.0 Å². The predicted molar refractivity (Wildman–Crippen MR) is 183 cm³/mol. The van der Waals surface area contributed by atoms with Crippen LogP contribution in [-0.2, 0) is 16.1 Å². The number of rotatable bonds is 14. The van der Waals surface area contributed by atoms with E-state index in [0.29, 0.717) is 30.5 Å². The summed E-state index contributed by atoms with van der Waals surface area (Å²) in [5, 5.41) is 15.5. The summed E-state index contributed by atoms with van der Waals surface area (Å²) in [4.78, 5) is 27.0. The molecule has 10 nitrogen and oxygen atoms in total. The number of hydrogen-bond acceptors (Lipinski definition) is 8. The van der Waals surface area contributed by atoms with E-state index < -0.39 is 18.2 Å². The smallest absolute Gasteiger partial charge is 0.490 e. The van der Waals surface area contributed by atoms with Gasteiger partial charge in [-0.05, 0) is 87.0 Å². The van der Waals surface area contributed by atoms with Gasteiger partial charge in [0.15, 0.2) is 11.5 Å². The molecule has 0 spiro atoms. The number of hydrogen-bond donors (Lipinski definition) is 4. The monoisotopic (exact) mass is 684 g/mol. The number of para-hydroxylation sites is 1. The summed E-state index contributed by atoms with van der Waals surface area (Å²) in [7, 11) is 0. The largest absolute Gasteiger partial charge is 0.490 e. The number of aliphatic carboxylic acids is 1. The molecule has 0 aliphatic carbocycles. The molecule has 1 unspecified atom stereocenters. The number of nitrogens with two attached hydrogens (primary N) is 1. The molecule has 4 rings (SSSR count). The standard InChI is InChI=1S/C34H42N4O4.C2HF3O2/c1-6-27(7-2)42-29-12-10-9-11-25(29)21-37-34(39)32(24-13-16-30(41-22(4)5)31(20-24)40-8-3)38-26-14-15-28-23(19-26)17-18-36-33(28)35;3-2(4,5)1(6)7/h9-20,22,27,32,38H,6-8,21H2,1-5H3,(H2,35,36)(H,37,39);(H,6,7). The molecular formula is C36H43F3N4O6. The van der Waals surface area contributed by atoms with Crippen molar-refractivity contribution in [3.63, 3.8) is 0 Å². The van der Waals surface area contributed by atoms with E-state index in [1.54, 1.807) is 6.20 Å². The fraction of sp³-hybridized carbons (Fsp3) is 0.361. The number of nitrogen functional groups attached to an aromatic ring is 1. The summed E-state index contributed by atoms with van der Waals surface area (Å²) in [5.74, 6) is -0.482. The SMILES string of the molecule is CCOc1cc(C(Nc2ccc3c(N)nccc3c2)C(=O)NCc2ccccc2OC(CC)CC)ccc1OC(C)C.O=C(O)C(F)(F)F. The van der Waals surface area contributed by atoms with Crippen molar-refractivity contribution < 1.29 is 42.1 Å². The fourth-order valence-electron chi connectivity index (χ4n) is 4.77. The summed E-state index contributed by atoms with van der Waals surface area (Å²) in [6, 6.07) is 20.4. The zero-order valence-corrected chi connectivity index (χ0v) is 28.1. The van der Waals surface area contributed by atoms with Crippen molar-refractivity contribution in [2.24, 2.45) is 0 Å². The number of carboxylic acid groups (broad SMARTS) is 1. The Morgan fingerprint density at radius 3 is 2.24 bits per heavy atom. The number of alkyl halides is 3. The molecule has 0 fully saturated rings. The van der Waals surface area contributed by atoms with E-state index in [2.05, 4.69) is 29.5 Å². The van der Waals surface area contributed by atoms with Crippen LogP contribution in [0.4, 0.5) is 24.7 Å². The minimum Gasteiger partial charge on any atom is -0.490 e. The lowest BCUT2D eigenvalue weighted by Crippen LogP contribution is -2.33. The Balaban J connectivity index is 0.000000838. The van der Waals surface area contributed by atoms with Gasteiger partial charge in [0.05, 0.1) is 18.8 Å². The molecule has 0 aliphatic rings. The van der Waals surface area contributed by atoms with Gasteiger partial charge in [-0.15, -0.1) is 0 Å². The molecule has 0 saturated carbocycles. The topological polar surface area (TPSA) is 145 Å². The minimum absolute atomic E-state index is 0.0193. The first-order chi connectivity index (χ1) is 23.3. The lowest BCUT2D eigenvalue weighted by atomic mass is 10.0. The lowest BCUT2D eigenvalue weighted by Gasteiger charge is -2.23. The van der Waals surface area contributed by atoms with Crippen molar-refractivity contribution in [3.8, 4) is 17.2 Å². The van der Waals surface area contributed by atoms with E-state index in [1.165, 1.54) is 0 Å². The highest BCUT2D eigenvalue weighted by molar-refractivity contribution is 5.94. The number of ether oxygens (including phenoxy) is 3. The molecule has 5 N–H and O–H groups in total. The summed E-state index contributed by atoms with van der Waals surface area (Å²) in [6.45, 7) is 10.9. The third-order valence-electron chi connectivity index (χ3n) is 7.20. The fourth-order valence-corrected chi connectivity index (χ4v) is 4.77. The van der Waals surface area contributed by atoms with Crippen LogP contribution in [0.25, 0.3) is 10.8 Å². The Morgan fingerprint density at radius 1 is 0.918 bits per heavy atom. The second-order valence-corrected chi connectivity index (χ2v) is 11.2. The highest BCUT2D eigenvalue weighted by atomic mass is 19.4. The van der Waals surface area contributed by atoms with Crippen LogP contribution in [0.5, 0.6) is 17.2 Å². The molecule has 0 saturated heterocycles. The van der Waals surface area contributed by atoms with Gasteiger partial charge < -0.3 is 35.7 Å². The molecule has 1 heterocycles. The molecule has 0 radical (unpaired) electrons. The number of halogens is 3. The average Bonchev–Trinajstić information content (AvgIpc) is 3.06. The minimum atomic E-state index is -5.08. The third kappa shape index (κ3) is 11.2. The van der Waals surface area contributed by atoms with Gasteiger partial charge in [-0.1, -0.05) is 38.1 Å². The van der Waals surface area contributed by atoms with Gasteiger partial charge >= 0.3 is 12.1 Å². The third-order valence-corrected chi connectivity index (χ3v) is 7.20. The molecule has 0 aliphatic heterocycles. The Bertz CT molecular complexity index is 1700. The molecule has 4 aromatic rings. The number of aromatic nitrogens is 1. The maximum absolute atomic E-state index is 13.9. The number of carbonyl (C=O) groups is 2. The summed E-state index contributed by atoms with van der Waals surface area (Å²) in [6.07, 6.45) is -1.48. The average molecular weight is 685 g/mol. The Kier molecular flexibility index (Phi) is 13.9. The van der Waals surface area contributed by atoms with Crippen LogP contribution in [0.2, 0.25) is 0 Å². The molecule has 0 bridgehead atoms. The van der Waals surface area contributed by atoms with Crippen molar-refractivity contribution >= 4 is 34.2 Å². The number of nitrogens with one attached hydrogen (secondary N) is 2.